The van der Waals surface area contributed by atoms with E-state index in [2.05, 4.69) is 19.2 Å². The summed E-state index contributed by atoms with van der Waals surface area (Å²) in [5.74, 6) is 0.414. The van der Waals surface area contributed by atoms with Gasteiger partial charge in [-0.15, -0.1) is 0 Å². The number of hydrogen-bond donors (Lipinski definition) is 2. The Balaban J connectivity index is 2.53. The van der Waals surface area contributed by atoms with E-state index in [0.29, 0.717) is 12.5 Å². The maximum atomic E-state index is 9.15. The lowest BCUT2D eigenvalue weighted by Gasteiger charge is -2.20. The van der Waals surface area contributed by atoms with Gasteiger partial charge in [-0.05, 0) is 17.5 Å². The van der Waals surface area contributed by atoms with Crippen molar-refractivity contribution in [2.75, 3.05) is 6.61 Å². The van der Waals surface area contributed by atoms with Gasteiger partial charge in [-0.3, -0.25) is 0 Å². The monoisotopic (exact) mass is 227 g/mol. The number of aliphatic hydroxyl groups is 1. The van der Waals surface area contributed by atoms with Gasteiger partial charge in [0.15, 0.2) is 0 Å². The lowest BCUT2D eigenvalue weighted by atomic mass is 10.1. The summed E-state index contributed by atoms with van der Waals surface area (Å²) in [6, 6.07) is 7.87. The summed E-state index contributed by atoms with van der Waals surface area (Å²) in [5, 5.41) is 13.2. The number of aliphatic hydroxyl groups excluding tert-OH is 1. The van der Waals surface area contributed by atoms with Crippen molar-refractivity contribution in [3.8, 4) is 0 Å². The van der Waals surface area contributed by atoms with Gasteiger partial charge in [0.2, 0.25) is 0 Å². The van der Waals surface area contributed by atoms with Crippen LogP contribution in [-0.4, -0.2) is 17.8 Å². The highest BCUT2D eigenvalue weighted by atomic mass is 35.5. The van der Waals surface area contributed by atoms with Crippen LogP contribution >= 0.6 is 11.6 Å². The van der Waals surface area contributed by atoms with Crippen LogP contribution in [0.4, 0.5) is 0 Å². The fraction of sp³-hybridized carbons (Fsp3) is 0.500. The first kappa shape index (κ1) is 12.5. The first-order valence-electron chi connectivity index (χ1n) is 5.22. The third-order valence-electron chi connectivity index (χ3n) is 2.51. The molecule has 84 valence electrons. The molecule has 0 aliphatic rings. The second-order valence-electron chi connectivity index (χ2n) is 4.01. The van der Waals surface area contributed by atoms with E-state index in [4.69, 9.17) is 16.7 Å². The Kier molecular flexibility index (Phi) is 5.09. The van der Waals surface area contributed by atoms with Crippen LogP contribution in [0.3, 0.4) is 0 Å². The fourth-order valence-corrected chi connectivity index (χ4v) is 1.60. The largest absolute Gasteiger partial charge is 0.395 e. The summed E-state index contributed by atoms with van der Waals surface area (Å²) in [6.07, 6.45) is 0. The van der Waals surface area contributed by atoms with Crippen molar-refractivity contribution in [3.05, 3.63) is 34.9 Å². The predicted molar refractivity (Wildman–Crippen MR) is 64.0 cm³/mol. The third kappa shape index (κ3) is 3.82. The van der Waals surface area contributed by atoms with E-state index < -0.39 is 0 Å². The van der Waals surface area contributed by atoms with Gasteiger partial charge in [-0.2, -0.15) is 0 Å². The molecular formula is C12H18ClNO. The molecule has 0 fully saturated rings. The number of rotatable bonds is 5. The van der Waals surface area contributed by atoms with E-state index in [0.717, 1.165) is 10.6 Å². The predicted octanol–water partition coefficient (Wildman–Crippen LogP) is 2.45. The van der Waals surface area contributed by atoms with Crippen molar-refractivity contribution in [1.29, 1.82) is 0 Å². The lowest BCUT2D eigenvalue weighted by molar-refractivity contribution is 0.210. The average molecular weight is 228 g/mol. The molecule has 0 heterocycles. The summed E-state index contributed by atoms with van der Waals surface area (Å²) in [7, 11) is 0. The van der Waals surface area contributed by atoms with Crippen LogP contribution in [0.25, 0.3) is 0 Å². The van der Waals surface area contributed by atoms with Crippen LogP contribution in [-0.2, 0) is 6.54 Å². The highest BCUT2D eigenvalue weighted by Crippen LogP contribution is 2.15. The fourth-order valence-electron chi connectivity index (χ4n) is 1.39. The Morgan fingerprint density at radius 3 is 2.53 bits per heavy atom. The summed E-state index contributed by atoms with van der Waals surface area (Å²) < 4.78 is 0. The number of benzene rings is 1. The molecule has 15 heavy (non-hydrogen) atoms. The van der Waals surface area contributed by atoms with Crippen LogP contribution in [0, 0.1) is 5.92 Å². The molecule has 0 aliphatic heterocycles. The molecule has 2 N–H and O–H groups in total. The minimum absolute atomic E-state index is 0.126. The molecule has 1 aromatic rings. The molecule has 2 nitrogen and oxygen atoms in total. The van der Waals surface area contributed by atoms with Gasteiger partial charge in [-0.25, -0.2) is 0 Å². The molecule has 0 saturated carbocycles. The zero-order valence-electron chi connectivity index (χ0n) is 9.20. The molecule has 1 atom stereocenters. The molecule has 1 aromatic carbocycles. The van der Waals surface area contributed by atoms with Crippen molar-refractivity contribution in [2.24, 2.45) is 5.92 Å². The standard InChI is InChI=1S/C12H18ClNO/c1-9(2)12(8-15)14-7-10-5-3-4-6-11(10)13/h3-6,9,12,14-15H,7-8H2,1-2H3. The molecule has 0 bridgehead atoms. The Labute approximate surface area is 96.3 Å². The van der Waals surface area contributed by atoms with Crippen LogP contribution in [0.15, 0.2) is 24.3 Å². The van der Waals surface area contributed by atoms with Crippen molar-refractivity contribution in [3.63, 3.8) is 0 Å². The molecule has 0 saturated heterocycles. The maximum absolute atomic E-state index is 9.15. The normalized spacial score (nSPS) is 13.1. The SMILES string of the molecule is CC(C)C(CO)NCc1ccccc1Cl. The summed E-state index contributed by atoms with van der Waals surface area (Å²) in [5.41, 5.74) is 1.07. The molecule has 1 unspecified atom stereocenters. The topological polar surface area (TPSA) is 32.3 Å². The highest BCUT2D eigenvalue weighted by Gasteiger charge is 2.11. The molecule has 0 aliphatic carbocycles. The second kappa shape index (κ2) is 6.11. The molecule has 0 amide bonds. The van der Waals surface area contributed by atoms with Crippen LogP contribution in [0.1, 0.15) is 19.4 Å². The van der Waals surface area contributed by atoms with Crippen molar-refractivity contribution < 1.29 is 5.11 Å². The quantitative estimate of drug-likeness (QED) is 0.810. The van der Waals surface area contributed by atoms with Gasteiger partial charge < -0.3 is 10.4 Å². The van der Waals surface area contributed by atoms with Crippen LogP contribution < -0.4 is 5.32 Å². The Hall–Kier alpha value is -0.570. The number of nitrogens with one attached hydrogen (secondary N) is 1. The average Bonchev–Trinajstić information content (AvgIpc) is 2.21. The maximum Gasteiger partial charge on any atom is 0.0587 e. The minimum atomic E-state index is 0.126. The molecule has 1 rings (SSSR count). The van der Waals surface area contributed by atoms with Crippen molar-refractivity contribution >= 4 is 11.6 Å². The van der Waals surface area contributed by atoms with Gasteiger partial charge in [0.25, 0.3) is 0 Å². The van der Waals surface area contributed by atoms with E-state index >= 15 is 0 Å². The summed E-state index contributed by atoms with van der Waals surface area (Å²) >= 11 is 6.03. The molecule has 0 spiro atoms. The van der Waals surface area contributed by atoms with Crippen LogP contribution in [0.5, 0.6) is 0 Å². The van der Waals surface area contributed by atoms with E-state index in [1.54, 1.807) is 0 Å². The zero-order valence-corrected chi connectivity index (χ0v) is 9.96. The third-order valence-corrected chi connectivity index (χ3v) is 2.88. The molecule has 0 radical (unpaired) electrons. The summed E-state index contributed by atoms with van der Waals surface area (Å²) in [6.45, 7) is 5.02. The van der Waals surface area contributed by atoms with Gasteiger partial charge in [0, 0.05) is 17.6 Å². The van der Waals surface area contributed by atoms with Gasteiger partial charge in [-0.1, -0.05) is 43.6 Å². The zero-order chi connectivity index (χ0) is 11.3. The molecule has 0 aromatic heterocycles. The Morgan fingerprint density at radius 1 is 1.33 bits per heavy atom. The van der Waals surface area contributed by atoms with E-state index in [-0.39, 0.29) is 12.6 Å². The van der Waals surface area contributed by atoms with E-state index in [1.165, 1.54) is 0 Å². The van der Waals surface area contributed by atoms with Gasteiger partial charge >= 0.3 is 0 Å². The van der Waals surface area contributed by atoms with Gasteiger partial charge in [0.05, 0.1) is 6.61 Å². The number of halogens is 1. The molecular weight excluding hydrogens is 210 g/mol. The lowest BCUT2D eigenvalue weighted by Crippen LogP contribution is -2.36. The minimum Gasteiger partial charge on any atom is -0.395 e. The smallest absolute Gasteiger partial charge is 0.0587 e. The first-order chi connectivity index (χ1) is 7.15. The Morgan fingerprint density at radius 2 is 2.00 bits per heavy atom. The van der Waals surface area contributed by atoms with Crippen molar-refractivity contribution in [2.45, 2.75) is 26.4 Å². The molecule has 3 heteroatoms. The number of hydrogen-bond acceptors (Lipinski definition) is 2. The Bertz CT molecular complexity index is 301. The van der Waals surface area contributed by atoms with Crippen LogP contribution in [0.2, 0.25) is 5.02 Å². The van der Waals surface area contributed by atoms with E-state index in [1.807, 2.05) is 24.3 Å². The van der Waals surface area contributed by atoms with Gasteiger partial charge in [0.1, 0.15) is 0 Å². The van der Waals surface area contributed by atoms with E-state index in [9.17, 15) is 0 Å². The van der Waals surface area contributed by atoms with Crippen molar-refractivity contribution in [1.82, 2.24) is 5.32 Å². The second-order valence-corrected chi connectivity index (χ2v) is 4.41. The first-order valence-corrected chi connectivity index (χ1v) is 5.60. The summed E-state index contributed by atoms with van der Waals surface area (Å²) in [4.78, 5) is 0. The highest BCUT2D eigenvalue weighted by molar-refractivity contribution is 6.31.